The third kappa shape index (κ3) is 1.47. The lowest BCUT2D eigenvalue weighted by atomic mass is 10.1. The third-order valence-electron chi connectivity index (χ3n) is 2.17. The van der Waals surface area contributed by atoms with Crippen LogP contribution in [0.5, 0.6) is 0 Å². The van der Waals surface area contributed by atoms with Crippen LogP contribution in [0.2, 0.25) is 5.02 Å². The minimum Gasteiger partial charge on any atom is -0.478 e. The van der Waals surface area contributed by atoms with Gasteiger partial charge in [0.05, 0.1) is 27.3 Å². The first-order valence-corrected chi connectivity index (χ1v) is 4.68. The van der Waals surface area contributed by atoms with Crippen LogP contribution in [0.3, 0.4) is 0 Å². The minimum atomic E-state index is -1.20. The average Bonchev–Trinajstić information content (AvgIpc) is 2.66. The molecule has 4 N–H and O–H groups in total. The van der Waals surface area contributed by atoms with Gasteiger partial charge in [-0.05, 0) is 6.07 Å². The Labute approximate surface area is 94.0 Å². The normalized spacial score (nSPS) is 10.9. The molecular weight excluding hydrogens is 237 g/mol. The molecule has 1 aromatic heterocycles. The second-order valence-electron chi connectivity index (χ2n) is 3.17. The van der Waals surface area contributed by atoms with Gasteiger partial charge in [0.2, 0.25) is 0 Å². The van der Waals surface area contributed by atoms with Crippen LogP contribution >= 0.6 is 11.6 Å². The number of fused-ring (bicyclic) bond motifs is 1. The molecule has 0 saturated carbocycles. The summed E-state index contributed by atoms with van der Waals surface area (Å²) in [4.78, 5) is 17.3. The summed E-state index contributed by atoms with van der Waals surface area (Å²) < 4.78 is 12.4. The number of nitrogens with two attached hydrogens (primary N) is 1. The van der Waals surface area contributed by atoms with E-state index in [-0.39, 0.29) is 27.6 Å². The van der Waals surface area contributed by atoms with Gasteiger partial charge in [-0.25, -0.2) is 14.2 Å². The summed E-state index contributed by atoms with van der Waals surface area (Å²) in [7, 11) is 0. The quantitative estimate of drug-likeness (QED) is 0.703. The highest BCUT2D eigenvalue weighted by Crippen LogP contribution is 2.31. The number of aromatic nitrogens is 2. The zero-order valence-corrected chi connectivity index (χ0v) is 8.68. The van der Waals surface area contributed by atoms with Crippen LogP contribution in [0, 0.1) is 0 Å². The predicted octanol–water partition coefficient (Wildman–Crippen LogP) is 1.97. The van der Waals surface area contributed by atoms with E-state index < -0.39 is 12.6 Å². The SMILES string of the molecule is Nc1c(C(=O)O)cc2nc(CF)[nH]c2c1Cl. The summed E-state index contributed by atoms with van der Waals surface area (Å²) in [5.41, 5.74) is 5.97. The highest BCUT2D eigenvalue weighted by atomic mass is 35.5. The van der Waals surface area contributed by atoms with Crippen LogP contribution < -0.4 is 5.73 Å². The second-order valence-corrected chi connectivity index (χ2v) is 3.55. The molecule has 7 heteroatoms. The molecule has 84 valence electrons. The maximum Gasteiger partial charge on any atom is 0.337 e. The maximum absolute atomic E-state index is 12.4. The number of nitrogens with zero attached hydrogens (tertiary/aromatic N) is 1. The molecule has 0 saturated heterocycles. The Morgan fingerprint density at radius 3 is 2.94 bits per heavy atom. The first-order chi connectivity index (χ1) is 7.54. The van der Waals surface area contributed by atoms with Crippen LogP contribution in [0.4, 0.5) is 10.1 Å². The van der Waals surface area contributed by atoms with E-state index >= 15 is 0 Å². The van der Waals surface area contributed by atoms with Gasteiger partial charge in [0, 0.05) is 0 Å². The molecule has 0 unspecified atom stereocenters. The molecule has 0 bridgehead atoms. The second kappa shape index (κ2) is 3.64. The molecule has 0 radical (unpaired) electrons. The Morgan fingerprint density at radius 1 is 1.69 bits per heavy atom. The van der Waals surface area contributed by atoms with Gasteiger partial charge < -0.3 is 15.8 Å². The predicted molar refractivity (Wildman–Crippen MR) is 57.3 cm³/mol. The van der Waals surface area contributed by atoms with E-state index in [2.05, 4.69) is 9.97 Å². The van der Waals surface area contributed by atoms with Crippen LogP contribution in [0.1, 0.15) is 16.2 Å². The fourth-order valence-corrected chi connectivity index (χ4v) is 1.66. The molecule has 1 heterocycles. The number of anilines is 1. The van der Waals surface area contributed by atoms with Gasteiger partial charge in [-0.3, -0.25) is 0 Å². The molecule has 0 spiro atoms. The number of alkyl halides is 1. The number of aromatic amines is 1. The van der Waals surface area contributed by atoms with E-state index in [0.717, 1.165) is 0 Å². The van der Waals surface area contributed by atoms with Gasteiger partial charge in [-0.2, -0.15) is 0 Å². The van der Waals surface area contributed by atoms with Gasteiger partial charge in [0.1, 0.15) is 12.5 Å². The number of hydrogen-bond donors (Lipinski definition) is 3. The van der Waals surface area contributed by atoms with Gasteiger partial charge in [0.25, 0.3) is 0 Å². The molecule has 0 fully saturated rings. The fourth-order valence-electron chi connectivity index (χ4n) is 1.42. The number of hydrogen-bond acceptors (Lipinski definition) is 3. The monoisotopic (exact) mass is 243 g/mol. The van der Waals surface area contributed by atoms with E-state index in [1.54, 1.807) is 0 Å². The molecule has 0 atom stereocenters. The molecule has 0 aliphatic rings. The Hall–Kier alpha value is -1.82. The number of carboxylic acids is 1. The summed E-state index contributed by atoms with van der Waals surface area (Å²) in [6.45, 7) is -0.784. The zero-order chi connectivity index (χ0) is 11.9. The molecule has 2 rings (SSSR count). The molecule has 0 aliphatic carbocycles. The Bertz CT molecular complexity index is 582. The summed E-state index contributed by atoms with van der Waals surface area (Å²) >= 11 is 5.86. The molecule has 16 heavy (non-hydrogen) atoms. The first-order valence-electron chi connectivity index (χ1n) is 4.30. The van der Waals surface area contributed by atoms with Crippen LogP contribution in [0.15, 0.2) is 6.07 Å². The number of nitrogen functional groups attached to an aromatic ring is 1. The van der Waals surface area contributed by atoms with E-state index in [9.17, 15) is 9.18 Å². The Morgan fingerprint density at radius 2 is 2.38 bits per heavy atom. The number of rotatable bonds is 2. The molecule has 2 aromatic rings. The first kappa shape index (κ1) is 10.7. The van der Waals surface area contributed by atoms with E-state index in [0.29, 0.717) is 5.52 Å². The Kier molecular flexibility index (Phi) is 2.43. The van der Waals surface area contributed by atoms with E-state index in [1.807, 2.05) is 0 Å². The van der Waals surface area contributed by atoms with Gasteiger partial charge >= 0.3 is 5.97 Å². The lowest BCUT2D eigenvalue weighted by Crippen LogP contribution is -2.03. The van der Waals surface area contributed by atoms with Crippen LogP contribution in [0.25, 0.3) is 11.0 Å². The van der Waals surface area contributed by atoms with Crippen LogP contribution in [-0.2, 0) is 6.67 Å². The van der Waals surface area contributed by atoms with Crippen molar-refractivity contribution in [3.8, 4) is 0 Å². The maximum atomic E-state index is 12.4. The number of carbonyl (C=O) groups is 1. The van der Waals surface area contributed by atoms with Crippen molar-refractivity contribution in [2.24, 2.45) is 0 Å². The zero-order valence-electron chi connectivity index (χ0n) is 7.92. The lowest BCUT2D eigenvalue weighted by Gasteiger charge is -2.03. The molecular formula is C9H7ClFN3O2. The van der Waals surface area contributed by atoms with Gasteiger partial charge in [0.15, 0.2) is 0 Å². The van der Waals surface area contributed by atoms with Crippen molar-refractivity contribution in [2.45, 2.75) is 6.67 Å². The summed E-state index contributed by atoms with van der Waals surface area (Å²) in [5, 5.41) is 8.91. The smallest absolute Gasteiger partial charge is 0.337 e. The molecule has 5 nitrogen and oxygen atoms in total. The number of benzene rings is 1. The van der Waals surface area contributed by atoms with Crippen molar-refractivity contribution in [3.05, 3.63) is 22.5 Å². The molecule has 0 aliphatic heterocycles. The van der Waals surface area contributed by atoms with Gasteiger partial charge in [-0.1, -0.05) is 11.6 Å². The van der Waals surface area contributed by atoms with Crippen molar-refractivity contribution in [1.82, 2.24) is 9.97 Å². The number of carboxylic acid groups (broad SMARTS) is 1. The standard InChI is InChI=1S/C9H7ClFN3O2/c10-6-7(12)3(9(15)16)1-4-8(6)14-5(2-11)13-4/h1H,2,12H2,(H,13,14)(H,15,16). The fraction of sp³-hybridized carbons (Fsp3) is 0.111. The van der Waals surface area contributed by atoms with Crippen molar-refractivity contribution >= 4 is 34.3 Å². The van der Waals surface area contributed by atoms with Crippen LogP contribution in [-0.4, -0.2) is 21.0 Å². The van der Waals surface area contributed by atoms with Crippen molar-refractivity contribution in [2.75, 3.05) is 5.73 Å². The van der Waals surface area contributed by atoms with E-state index in [4.69, 9.17) is 22.4 Å². The van der Waals surface area contributed by atoms with Gasteiger partial charge in [-0.15, -0.1) is 0 Å². The number of halogens is 2. The minimum absolute atomic E-state index is 0.0436. The van der Waals surface area contributed by atoms with Crippen molar-refractivity contribution in [1.29, 1.82) is 0 Å². The summed E-state index contributed by atoms with van der Waals surface area (Å²) in [6, 6.07) is 1.26. The average molecular weight is 244 g/mol. The molecule has 1 aromatic carbocycles. The summed E-state index contributed by atoms with van der Waals surface area (Å²) in [5.74, 6) is -1.12. The number of imidazole rings is 1. The highest BCUT2D eigenvalue weighted by Gasteiger charge is 2.17. The Balaban J connectivity index is 2.80. The molecule has 0 amide bonds. The van der Waals surface area contributed by atoms with Crippen molar-refractivity contribution in [3.63, 3.8) is 0 Å². The van der Waals surface area contributed by atoms with E-state index in [1.165, 1.54) is 6.07 Å². The number of aromatic carboxylic acids is 1. The largest absolute Gasteiger partial charge is 0.478 e. The number of nitrogens with one attached hydrogen (secondary N) is 1. The summed E-state index contributed by atoms with van der Waals surface area (Å²) in [6.07, 6.45) is 0. The topological polar surface area (TPSA) is 92.0 Å². The third-order valence-corrected chi connectivity index (χ3v) is 2.56. The van der Waals surface area contributed by atoms with Crippen molar-refractivity contribution < 1.29 is 14.3 Å². The number of H-pyrrole nitrogens is 1. The highest BCUT2D eigenvalue weighted by molar-refractivity contribution is 6.38. The lowest BCUT2D eigenvalue weighted by molar-refractivity contribution is 0.0698.